The van der Waals surface area contributed by atoms with Crippen LogP contribution in [-0.2, 0) is 11.2 Å². The van der Waals surface area contributed by atoms with E-state index < -0.39 is 11.6 Å². The standard InChI is InChI=1S/C21H19F2N5OS/c1-11-9-18-24-12(2)14(13(3)28(18)27-11)7-8-19(29)26-21-25-17(10-30-21)20-15(22)5-4-6-16(20)23/h4-6,9-10H,7-8H2,1-3H3,(H,25,26,29). The number of thiazole rings is 1. The molecule has 1 amide bonds. The lowest BCUT2D eigenvalue weighted by molar-refractivity contribution is -0.116. The number of aromatic nitrogens is 4. The van der Waals surface area contributed by atoms with Crippen molar-refractivity contribution in [2.24, 2.45) is 0 Å². The summed E-state index contributed by atoms with van der Waals surface area (Å²) in [5.41, 5.74) is 4.39. The molecule has 1 N–H and O–H groups in total. The van der Waals surface area contributed by atoms with Crippen molar-refractivity contribution in [1.29, 1.82) is 0 Å². The van der Waals surface area contributed by atoms with Crippen LogP contribution in [0.4, 0.5) is 13.9 Å². The molecule has 154 valence electrons. The fourth-order valence-electron chi connectivity index (χ4n) is 3.41. The minimum absolute atomic E-state index is 0.154. The summed E-state index contributed by atoms with van der Waals surface area (Å²) in [6.45, 7) is 5.78. The number of carbonyl (C=O) groups excluding carboxylic acids is 1. The van der Waals surface area contributed by atoms with Gasteiger partial charge in [0.15, 0.2) is 10.8 Å². The highest BCUT2D eigenvalue weighted by atomic mass is 32.1. The summed E-state index contributed by atoms with van der Waals surface area (Å²) in [6.07, 6.45) is 0.712. The summed E-state index contributed by atoms with van der Waals surface area (Å²) in [5, 5.41) is 8.95. The molecule has 9 heteroatoms. The lowest BCUT2D eigenvalue weighted by Gasteiger charge is -2.10. The number of fused-ring (bicyclic) bond motifs is 1. The number of aryl methyl sites for hydroxylation is 3. The third-order valence-corrected chi connectivity index (χ3v) is 5.62. The highest BCUT2D eigenvalue weighted by molar-refractivity contribution is 7.14. The Morgan fingerprint density at radius 2 is 1.90 bits per heavy atom. The number of hydrogen-bond acceptors (Lipinski definition) is 5. The van der Waals surface area contributed by atoms with Gasteiger partial charge in [0, 0.05) is 29.3 Å². The summed E-state index contributed by atoms with van der Waals surface area (Å²) < 4.78 is 29.6. The minimum Gasteiger partial charge on any atom is -0.302 e. The fourth-order valence-corrected chi connectivity index (χ4v) is 4.13. The van der Waals surface area contributed by atoms with Crippen molar-refractivity contribution >= 4 is 28.0 Å². The highest BCUT2D eigenvalue weighted by Crippen LogP contribution is 2.29. The molecule has 0 radical (unpaired) electrons. The number of nitrogens with one attached hydrogen (secondary N) is 1. The maximum atomic E-state index is 13.9. The number of benzene rings is 1. The second-order valence-corrected chi connectivity index (χ2v) is 7.86. The molecule has 3 heterocycles. The van der Waals surface area contributed by atoms with Gasteiger partial charge in [-0.15, -0.1) is 11.3 Å². The number of amides is 1. The van der Waals surface area contributed by atoms with Crippen LogP contribution in [0.25, 0.3) is 16.9 Å². The van der Waals surface area contributed by atoms with Gasteiger partial charge in [-0.25, -0.2) is 23.3 Å². The van der Waals surface area contributed by atoms with Gasteiger partial charge in [-0.3, -0.25) is 4.79 Å². The first-order valence-electron chi connectivity index (χ1n) is 9.35. The zero-order valence-electron chi connectivity index (χ0n) is 16.7. The topological polar surface area (TPSA) is 72.2 Å². The molecule has 0 aliphatic carbocycles. The quantitative estimate of drug-likeness (QED) is 0.504. The zero-order valence-corrected chi connectivity index (χ0v) is 17.5. The van der Waals surface area contributed by atoms with Crippen molar-refractivity contribution in [3.63, 3.8) is 0 Å². The Balaban J connectivity index is 1.46. The van der Waals surface area contributed by atoms with Crippen molar-refractivity contribution in [2.75, 3.05) is 5.32 Å². The summed E-state index contributed by atoms with van der Waals surface area (Å²) in [4.78, 5) is 21.1. The molecule has 1 aromatic carbocycles. The molecule has 0 bridgehead atoms. The predicted octanol–water partition coefficient (Wildman–Crippen LogP) is 4.63. The second-order valence-electron chi connectivity index (χ2n) is 7.00. The van der Waals surface area contributed by atoms with E-state index in [1.165, 1.54) is 23.6 Å². The highest BCUT2D eigenvalue weighted by Gasteiger charge is 2.16. The van der Waals surface area contributed by atoms with Gasteiger partial charge in [0.1, 0.15) is 11.6 Å². The van der Waals surface area contributed by atoms with Crippen LogP contribution >= 0.6 is 11.3 Å². The molecule has 0 atom stereocenters. The monoisotopic (exact) mass is 427 g/mol. The summed E-state index contributed by atoms with van der Waals surface area (Å²) in [5.74, 6) is -1.62. The number of carbonyl (C=O) groups is 1. The largest absolute Gasteiger partial charge is 0.302 e. The van der Waals surface area contributed by atoms with E-state index in [0.29, 0.717) is 11.6 Å². The molecule has 3 aromatic heterocycles. The van der Waals surface area contributed by atoms with Crippen molar-refractivity contribution in [3.8, 4) is 11.3 Å². The fraction of sp³-hybridized carbons (Fsp3) is 0.238. The molecule has 30 heavy (non-hydrogen) atoms. The number of hydrogen-bond donors (Lipinski definition) is 1. The number of rotatable bonds is 5. The van der Waals surface area contributed by atoms with Crippen molar-refractivity contribution in [1.82, 2.24) is 19.6 Å². The molecule has 4 aromatic rings. The van der Waals surface area contributed by atoms with Gasteiger partial charge < -0.3 is 5.32 Å². The van der Waals surface area contributed by atoms with Crippen LogP contribution in [0.5, 0.6) is 0 Å². The van der Waals surface area contributed by atoms with Gasteiger partial charge in [0.2, 0.25) is 5.91 Å². The van der Waals surface area contributed by atoms with E-state index >= 15 is 0 Å². The molecule has 6 nitrogen and oxygen atoms in total. The van der Waals surface area contributed by atoms with Crippen LogP contribution in [-0.4, -0.2) is 25.5 Å². The smallest absolute Gasteiger partial charge is 0.226 e. The summed E-state index contributed by atoms with van der Waals surface area (Å²) in [6, 6.07) is 5.55. The lowest BCUT2D eigenvalue weighted by atomic mass is 10.1. The van der Waals surface area contributed by atoms with Gasteiger partial charge in [-0.1, -0.05) is 6.07 Å². The molecule has 0 aliphatic rings. The van der Waals surface area contributed by atoms with Gasteiger partial charge in [0.25, 0.3) is 0 Å². The van der Waals surface area contributed by atoms with Gasteiger partial charge in [-0.05, 0) is 44.9 Å². The molecular weight excluding hydrogens is 408 g/mol. The Morgan fingerprint density at radius 3 is 2.63 bits per heavy atom. The van der Waals surface area contributed by atoms with E-state index in [9.17, 15) is 13.6 Å². The number of halogens is 2. The van der Waals surface area contributed by atoms with E-state index in [-0.39, 0.29) is 23.6 Å². The normalized spacial score (nSPS) is 11.2. The van der Waals surface area contributed by atoms with Crippen LogP contribution in [0.15, 0.2) is 29.6 Å². The third-order valence-electron chi connectivity index (χ3n) is 4.86. The van der Waals surface area contributed by atoms with Gasteiger partial charge in [0.05, 0.1) is 17.0 Å². The summed E-state index contributed by atoms with van der Waals surface area (Å²) >= 11 is 1.12. The third kappa shape index (κ3) is 3.80. The maximum Gasteiger partial charge on any atom is 0.226 e. The van der Waals surface area contributed by atoms with Crippen LogP contribution in [0.2, 0.25) is 0 Å². The van der Waals surface area contributed by atoms with Crippen molar-refractivity contribution in [2.45, 2.75) is 33.6 Å². The molecule has 0 unspecified atom stereocenters. The Morgan fingerprint density at radius 1 is 1.17 bits per heavy atom. The van der Waals surface area contributed by atoms with Crippen molar-refractivity contribution < 1.29 is 13.6 Å². The molecule has 0 saturated carbocycles. The predicted molar refractivity (Wildman–Crippen MR) is 112 cm³/mol. The SMILES string of the molecule is Cc1cc2nc(C)c(CCC(=O)Nc3nc(-c4c(F)cccc4F)cs3)c(C)n2n1. The van der Waals surface area contributed by atoms with E-state index in [2.05, 4.69) is 20.4 Å². The lowest BCUT2D eigenvalue weighted by Crippen LogP contribution is -2.14. The van der Waals surface area contributed by atoms with E-state index in [1.54, 1.807) is 4.52 Å². The number of nitrogens with zero attached hydrogens (tertiary/aromatic N) is 4. The molecule has 0 aliphatic heterocycles. The molecule has 4 rings (SSSR count). The van der Waals surface area contributed by atoms with Crippen LogP contribution in [0, 0.1) is 32.4 Å². The Bertz CT molecular complexity index is 1240. The molecule has 0 spiro atoms. The van der Waals surface area contributed by atoms with Crippen LogP contribution in [0.3, 0.4) is 0 Å². The van der Waals surface area contributed by atoms with Gasteiger partial charge >= 0.3 is 0 Å². The molecule has 0 fully saturated rings. The van der Waals surface area contributed by atoms with Gasteiger partial charge in [-0.2, -0.15) is 5.10 Å². The molecule has 0 saturated heterocycles. The first kappa shape index (κ1) is 20.1. The first-order chi connectivity index (χ1) is 14.3. The first-order valence-corrected chi connectivity index (χ1v) is 10.2. The minimum atomic E-state index is -0.694. The Kier molecular flexibility index (Phi) is 5.29. The zero-order chi connectivity index (χ0) is 21.4. The maximum absolute atomic E-state index is 13.9. The molecular formula is C21H19F2N5OS. The average molecular weight is 427 g/mol. The van der Waals surface area contributed by atoms with E-state index in [4.69, 9.17) is 0 Å². The van der Waals surface area contributed by atoms with Crippen molar-refractivity contribution in [3.05, 3.63) is 63.9 Å². The average Bonchev–Trinajstić information content (AvgIpc) is 3.27. The Hall–Kier alpha value is -3.20. The van der Waals surface area contributed by atoms with Crippen LogP contribution in [0.1, 0.15) is 29.1 Å². The number of anilines is 1. The summed E-state index contributed by atoms with van der Waals surface area (Å²) in [7, 11) is 0. The van der Waals surface area contributed by atoms with E-state index in [1.807, 2.05) is 26.8 Å². The van der Waals surface area contributed by atoms with Crippen LogP contribution < -0.4 is 5.32 Å². The Labute approximate surface area is 175 Å². The van der Waals surface area contributed by atoms with E-state index in [0.717, 1.165) is 39.6 Å². The second kappa shape index (κ2) is 7.91.